The van der Waals surface area contributed by atoms with E-state index in [1.165, 1.54) is 0 Å². The molecule has 0 aromatic rings. The fourth-order valence-electron chi connectivity index (χ4n) is 1.89. The van der Waals surface area contributed by atoms with Crippen LogP contribution in [0.3, 0.4) is 0 Å². The first kappa shape index (κ1) is 14.9. The summed E-state index contributed by atoms with van der Waals surface area (Å²) in [4.78, 5) is 0. The molecule has 98 valence electrons. The smallest absolute Gasteiger partial charge is 0.166 e. The largest absolute Gasteiger partial charge is 0.376 e. The molecular weight excluding hydrogens is 222 g/mol. The maximum Gasteiger partial charge on any atom is 0.166 e. The van der Waals surface area contributed by atoms with Gasteiger partial charge in [-0.3, -0.25) is 0 Å². The highest BCUT2D eigenvalue weighted by molar-refractivity contribution is 6.13. The number of halogens is 1. The van der Waals surface area contributed by atoms with Crippen LogP contribution in [-0.4, -0.2) is 44.6 Å². The first-order valence-corrected chi connectivity index (χ1v) is 6.16. The van der Waals surface area contributed by atoms with Crippen molar-refractivity contribution in [1.82, 2.24) is 0 Å². The molecule has 0 saturated carbocycles. The number of ether oxygens (including phenoxy) is 3. The molecular formula is C12H22BFO3. The van der Waals surface area contributed by atoms with Gasteiger partial charge in [0, 0.05) is 5.92 Å². The number of alkyl halides is 1. The van der Waals surface area contributed by atoms with Gasteiger partial charge in [-0.15, -0.1) is 0 Å². The van der Waals surface area contributed by atoms with Crippen LogP contribution in [0.4, 0.5) is 4.39 Å². The SMILES string of the molecule is [B][C@]1(F)O[C@H](COC(C)C)C(OC(C)C)[C@@H]1C. The molecule has 0 spiro atoms. The zero-order valence-corrected chi connectivity index (χ0v) is 11.3. The summed E-state index contributed by atoms with van der Waals surface area (Å²) in [5.41, 5.74) is 0. The highest BCUT2D eigenvalue weighted by Gasteiger charge is 2.50. The van der Waals surface area contributed by atoms with Crippen molar-refractivity contribution in [2.24, 2.45) is 5.92 Å². The second-order valence-electron chi connectivity index (χ2n) is 5.17. The average Bonchev–Trinajstić information content (AvgIpc) is 2.38. The monoisotopic (exact) mass is 244 g/mol. The molecule has 2 radical (unpaired) electrons. The fraction of sp³-hybridized carbons (Fsp3) is 1.00. The molecule has 1 fully saturated rings. The molecule has 0 amide bonds. The van der Waals surface area contributed by atoms with Crippen LogP contribution in [0.5, 0.6) is 0 Å². The number of hydrogen-bond acceptors (Lipinski definition) is 3. The van der Waals surface area contributed by atoms with Crippen LogP contribution in [0.1, 0.15) is 34.6 Å². The maximum atomic E-state index is 13.9. The van der Waals surface area contributed by atoms with Crippen molar-refractivity contribution in [2.45, 2.75) is 64.8 Å². The molecule has 0 aromatic carbocycles. The van der Waals surface area contributed by atoms with Gasteiger partial charge in [-0.1, -0.05) is 6.92 Å². The molecule has 3 nitrogen and oxygen atoms in total. The third kappa shape index (κ3) is 3.93. The number of rotatable bonds is 5. The first-order chi connectivity index (χ1) is 7.74. The van der Waals surface area contributed by atoms with Crippen molar-refractivity contribution >= 4 is 7.85 Å². The Bertz CT molecular complexity index is 246. The lowest BCUT2D eigenvalue weighted by Crippen LogP contribution is -2.36. The van der Waals surface area contributed by atoms with Crippen molar-refractivity contribution in [2.75, 3.05) is 6.61 Å². The second-order valence-corrected chi connectivity index (χ2v) is 5.17. The minimum Gasteiger partial charge on any atom is -0.376 e. The van der Waals surface area contributed by atoms with Gasteiger partial charge in [0.2, 0.25) is 0 Å². The topological polar surface area (TPSA) is 27.7 Å². The molecule has 1 aliphatic heterocycles. The van der Waals surface area contributed by atoms with Gasteiger partial charge >= 0.3 is 0 Å². The van der Waals surface area contributed by atoms with Crippen LogP contribution in [-0.2, 0) is 14.2 Å². The Hall–Kier alpha value is -0.125. The molecule has 1 unspecified atom stereocenters. The molecule has 1 saturated heterocycles. The van der Waals surface area contributed by atoms with E-state index in [-0.39, 0.29) is 18.3 Å². The first-order valence-electron chi connectivity index (χ1n) is 6.16. The van der Waals surface area contributed by atoms with Crippen LogP contribution in [0, 0.1) is 5.92 Å². The van der Waals surface area contributed by atoms with E-state index in [0.29, 0.717) is 6.61 Å². The van der Waals surface area contributed by atoms with E-state index in [0.717, 1.165) is 0 Å². The Morgan fingerprint density at radius 3 is 2.35 bits per heavy atom. The van der Waals surface area contributed by atoms with E-state index >= 15 is 0 Å². The lowest BCUT2D eigenvalue weighted by atomic mass is 9.83. The Labute approximate surface area is 104 Å². The molecule has 1 rings (SSSR count). The summed E-state index contributed by atoms with van der Waals surface area (Å²) >= 11 is 0. The summed E-state index contributed by atoms with van der Waals surface area (Å²) in [5, 5.41) is 0. The molecule has 0 aromatic heterocycles. The second kappa shape index (κ2) is 5.68. The standard InChI is InChI=1S/C12H22BFO3/c1-7(2)15-6-10-11(16-8(3)4)9(5)12(13,14)17-10/h7-11H,6H2,1-5H3/t9-,10+,11?,12+/m0/s1. The summed E-state index contributed by atoms with van der Waals surface area (Å²) in [7, 11) is 5.46. The van der Waals surface area contributed by atoms with E-state index < -0.39 is 17.8 Å². The van der Waals surface area contributed by atoms with Gasteiger partial charge < -0.3 is 14.2 Å². The van der Waals surface area contributed by atoms with Crippen molar-refractivity contribution in [3.05, 3.63) is 0 Å². The summed E-state index contributed by atoms with van der Waals surface area (Å²) in [6.45, 7) is 9.64. The van der Waals surface area contributed by atoms with Gasteiger partial charge in [-0.05, 0) is 27.7 Å². The zero-order valence-electron chi connectivity index (χ0n) is 11.3. The predicted octanol–water partition coefficient (Wildman–Crippen LogP) is 2.03. The van der Waals surface area contributed by atoms with E-state index in [1.54, 1.807) is 6.92 Å². The molecule has 17 heavy (non-hydrogen) atoms. The van der Waals surface area contributed by atoms with Gasteiger partial charge in [0.25, 0.3) is 0 Å². The van der Waals surface area contributed by atoms with Gasteiger partial charge in [-0.25, -0.2) is 4.39 Å². The summed E-state index contributed by atoms with van der Waals surface area (Å²) in [6.07, 6.45) is -0.754. The normalized spacial score (nSPS) is 38.2. The molecule has 4 atom stereocenters. The van der Waals surface area contributed by atoms with Crippen molar-refractivity contribution in [1.29, 1.82) is 0 Å². The van der Waals surface area contributed by atoms with Crippen LogP contribution < -0.4 is 0 Å². The molecule has 1 aliphatic rings. The summed E-state index contributed by atoms with van der Waals surface area (Å²) < 4.78 is 30.2. The summed E-state index contributed by atoms with van der Waals surface area (Å²) in [5.74, 6) is -2.64. The molecule has 0 N–H and O–H groups in total. The van der Waals surface area contributed by atoms with Gasteiger partial charge in [-0.2, -0.15) is 0 Å². The zero-order chi connectivity index (χ0) is 13.2. The van der Waals surface area contributed by atoms with Crippen molar-refractivity contribution in [3.8, 4) is 0 Å². The van der Waals surface area contributed by atoms with Crippen LogP contribution in [0.2, 0.25) is 0 Å². The third-order valence-corrected chi connectivity index (χ3v) is 2.84. The van der Waals surface area contributed by atoms with E-state index in [4.69, 9.17) is 22.1 Å². The average molecular weight is 244 g/mol. The minimum atomic E-state index is -2.13. The van der Waals surface area contributed by atoms with Crippen LogP contribution in [0.25, 0.3) is 0 Å². The highest BCUT2D eigenvalue weighted by atomic mass is 19.2. The molecule has 0 bridgehead atoms. The Balaban J connectivity index is 2.65. The molecule has 5 heteroatoms. The Morgan fingerprint density at radius 1 is 1.29 bits per heavy atom. The summed E-state index contributed by atoms with van der Waals surface area (Å²) in [6, 6.07) is 0. The van der Waals surface area contributed by atoms with Crippen molar-refractivity contribution < 1.29 is 18.6 Å². The lowest BCUT2D eigenvalue weighted by Gasteiger charge is -2.24. The molecule has 1 heterocycles. The Morgan fingerprint density at radius 2 is 1.88 bits per heavy atom. The Kier molecular flexibility index (Phi) is 4.99. The predicted molar refractivity (Wildman–Crippen MR) is 64.7 cm³/mol. The lowest BCUT2D eigenvalue weighted by molar-refractivity contribution is -0.121. The highest BCUT2D eigenvalue weighted by Crippen LogP contribution is 2.37. The van der Waals surface area contributed by atoms with Crippen LogP contribution >= 0.6 is 0 Å². The maximum absolute atomic E-state index is 13.9. The van der Waals surface area contributed by atoms with Crippen molar-refractivity contribution in [3.63, 3.8) is 0 Å². The van der Waals surface area contributed by atoms with Crippen LogP contribution in [0.15, 0.2) is 0 Å². The third-order valence-electron chi connectivity index (χ3n) is 2.84. The number of hydrogen-bond donors (Lipinski definition) is 0. The van der Waals surface area contributed by atoms with Gasteiger partial charge in [0.15, 0.2) is 13.6 Å². The van der Waals surface area contributed by atoms with Gasteiger partial charge in [0.05, 0.1) is 24.9 Å². The van der Waals surface area contributed by atoms with Gasteiger partial charge in [0.1, 0.15) is 6.10 Å². The van der Waals surface area contributed by atoms with E-state index in [1.807, 2.05) is 27.7 Å². The van der Waals surface area contributed by atoms with E-state index in [9.17, 15) is 4.39 Å². The fourth-order valence-corrected chi connectivity index (χ4v) is 1.89. The van der Waals surface area contributed by atoms with E-state index in [2.05, 4.69) is 0 Å². The minimum absolute atomic E-state index is 0.00139. The quantitative estimate of drug-likeness (QED) is 0.692. The molecule has 0 aliphatic carbocycles.